The second-order valence-corrected chi connectivity index (χ2v) is 5.29. The zero-order chi connectivity index (χ0) is 11.8. The lowest BCUT2D eigenvalue weighted by Crippen LogP contribution is -2.43. The van der Waals surface area contributed by atoms with Crippen LogP contribution in [0.3, 0.4) is 0 Å². The Kier molecular flexibility index (Phi) is 3.04. The van der Waals surface area contributed by atoms with Gasteiger partial charge in [-0.25, -0.2) is 0 Å². The Labute approximate surface area is 106 Å². The minimum absolute atomic E-state index is 0.0736. The van der Waals surface area contributed by atoms with Gasteiger partial charge < -0.3 is 5.11 Å². The fraction of sp³-hybridized carbons (Fsp3) is 0.385. The summed E-state index contributed by atoms with van der Waals surface area (Å²) >= 11 is 12.2. The zero-order valence-electron chi connectivity index (χ0n) is 8.92. The highest BCUT2D eigenvalue weighted by Gasteiger charge is 2.58. The van der Waals surface area contributed by atoms with Gasteiger partial charge in [0.1, 0.15) is 5.60 Å². The number of rotatable bonds is 4. The molecular weight excluding hydrogens is 243 g/mol. The minimum atomic E-state index is -1.21. The topological polar surface area (TPSA) is 20.2 Å². The smallest absolute Gasteiger partial charge is 0.122 e. The van der Waals surface area contributed by atoms with E-state index in [4.69, 9.17) is 23.2 Å². The van der Waals surface area contributed by atoms with Crippen molar-refractivity contribution in [1.82, 2.24) is 0 Å². The third-order valence-corrected chi connectivity index (χ3v) is 4.32. The van der Waals surface area contributed by atoms with Crippen LogP contribution in [0, 0.1) is 0 Å². The maximum absolute atomic E-state index is 10.6. The van der Waals surface area contributed by atoms with Gasteiger partial charge in [0.2, 0.25) is 0 Å². The van der Waals surface area contributed by atoms with E-state index >= 15 is 0 Å². The number of hydrogen-bond donors (Lipinski definition) is 1. The minimum Gasteiger partial charge on any atom is -0.382 e. The summed E-state index contributed by atoms with van der Waals surface area (Å²) in [7, 11) is 0. The van der Waals surface area contributed by atoms with E-state index in [1.54, 1.807) is 0 Å². The molecule has 3 heteroatoms. The van der Waals surface area contributed by atoms with Crippen molar-refractivity contribution in [2.24, 2.45) is 0 Å². The number of alkyl halides is 2. The zero-order valence-corrected chi connectivity index (χ0v) is 10.4. The number of halogens is 2. The van der Waals surface area contributed by atoms with Crippen molar-refractivity contribution in [2.45, 2.75) is 23.3 Å². The third kappa shape index (κ3) is 1.77. The molecule has 1 nitrogen and oxygen atoms in total. The van der Waals surface area contributed by atoms with Crippen LogP contribution in [0.5, 0.6) is 0 Å². The van der Waals surface area contributed by atoms with Crippen LogP contribution >= 0.6 is 23.2 Å². The molecule has 16 heavy (non-hydrogen) atoms. The van der Waals surface area contributed by atoms with Gasteiger partial charge in [-0.05, 0) is 24.0 Å². The summed E-state index contributed by atoms with van der Waals surface area (Å²) < 4.78 is 0. The SMILES string of the molecule is C=C(c1ccccc1)C(O)(CCl)C1(Cl)CC1. The first-order valence-corrected chi connectivity index (χ1v) is 6.17. The van der Waals surface area contributed by atoms with Crippen LogP contribution in [0.15, 0.2) is 36.9 Å². The Morgan fingerprint density at radius 2 is 1.94 bits per heavy atom. The molecule has 2 rings (SSSR count). The van der Waals surface area contributed by atoms with E-state index in [2.05, 4.69) is 6.58 Å². The molecule has 0 saturated heterocycles. The van der Waals surface area contributed by atoms with Crippen molar-refractivity contribution in [3.63, 3.8) is 0 Å². The summed E-state index contributed by atoms with van der Waals surface area (Å²) in [6.45, 7) is 3.96. The number of hydrogen-bond acceptors (Lipinski definition) is 1. The molecule has 1 saturated carbocycles. The van der Waals surface area contributed by atoms with E-state index in [0.717, 1.165) is 18.4 Å². The highest BCUT2D eigenvalue weighted by molar-refractivity contribution is 6.29. The van der Waals surface area contributed by atoms with Gasteiger partial charge in [-0.1, -0.05) is 36.9 Å². The maximum atomic E-state index is 10.6. The van der Waals surface area contributed by atoms with Crippen LogP contribution in [0.4, 0.5) is 0 Å². The van der Waals surface area contributed by atoms with Crippen molar-refractivity contribution in [3.05, 3.63) is 42.5 Å². The molecular formula is C13H14Cl2O. The summed E-state index contributed by atoms with van der Waals surface area (Å²) in [5, 5.41) is 10.6. The van der Waals surface area contributed by atoms with Crippen molar-refractivity contribution in [2.75, 3.05) is 5.88 Å². The molecule has 0 heterocycles. The Hall–Kier alpha value is -0.500. The van der Waals surface area contributed by atoms with Gasteiger partial charge in [0.15, 0.2) is 0 Å². The molecule has 1 atom stereocenters. The van der Waals surface area contributed by atoms with Gasteiger partial charge in [-0.3, -0.25) is 0 Å². The highest BCUT2D eigenvalue weighted by Crippen LogP contribution is 2.55. The lowest BCUT2D eigenvalue weighted by molar-refractivity contribution is 0.113. The monoisotopic (exact) mass is 256 g/mol. The maximum Gasteiger partial charge on any atom is 0.122 e. The predicted molar refractivity (Wildman–Crippen MR) is 69.0 cm³/mol. The predicted octanol–water partition coefficient (Wildman–Crippen LogP) is 3.44. The van der Waals surface area contributed by atoms with Crippen molar-refractivity contribution in [1.29, 1.82) is 0 Å². The standard InChI is InChI=1S/C13H14Cl2O/c1-10(11-5-3-2-4-6-11)13(16,9-14)12(15)7-8-12/h2-6,16H,1,7-9H2. The lowest BCUT2D eigenvalue weighted by Gasteiger charge is -2.33. The van der Waals surface area contributed by atoms with Crippen LogP contribution in [0.25, 0.3) is 5.57 Å². The Morgan fingerprint density at radius 3 is 2.38 bits per heavy atom. The largest absolute Gasteiger partial charge is 0.382 e. The molecule has 0 aliphatic heterocycles. The molecule has 0 amide bonds. The van der Waals surface area contributed by atoms with Gasteiger partial charge in [0, 0.05) is 0 Å². The van der Waals surface area contributed by atoms with Crippen LogP contribution < -0.4 is 0 Å². The third-order valence-electron chi connectivity index (χ3n) is 3.25. The highest BCUT2D eigenvalue weighted by atomic mass is 35.5. The van der Waals surface area contributed by atoms with Gasteiger partial charge in [0.05, 0.1) is 10.8 Å². The first kappa shape index (κ1) is 12.0. The lowest BCUT2D eigenvalue weighted by atomic mass is 9.86. The molecule has 1 unspecified atom stereocenters. The molecule has 0 radical (unpaired) electrons. The van der Waals surface area contributed by atoms with Crippen LogP contribution in [0.1, 0.15) is 18.4 Å². The first-order chi connectivity index (χ1) is 7.53. The van der Waals surface area contributed by atoms with E-state index in [-0.39, 0.29) is 5.88 Å². The summed E-state index contributed by atoms with van der Waals surface area (Å²) in [6.07, 6.45) is 1.56. The molecule has 1 N–H and O–H groups in total. The Bertz CT molecular complexity index is 398. The molecule has 1 aliphatic carbocycles. The second-order valence-electron chi connectivity index (χ2n) is 4.30. The normalized spacial score (nSPS) is 21.2. The van der Waals surface area contributed by atoms with Gasteiger partial charge >= 0.3 is 0 Å². The average Bonchev–Trinajstić information content (AvgIpc) is 3.08. The summed E-state index contributed by atoms with van der Waals surface area (Å²) in [4.78, 5) is -0.623. The van der Waals surface area contributed by atoms with E-state index in [9.17, 15) is 5.11 Å². The molecule has 1 aromatic carbocycles. The van der Waals surface area contributed by atoms with Crippen molar-refractivity contribution in [3.8, 4) is 0 Å². The van der Waals surface area contributed by atoms with Crippen LogP contribution in [-0.4, -0.2) is 21.5 Å². The second kappa shape index (κ2) is 4.06. The first-order valence-electron chi connectivity index (χ1n) is 5.25. The van der Waals surface area contributed by atoms with Crippen molar-refractivity contribution < 1.29 is 5.11 Å². The van der Waals surface area contributed by atoms with Gasteiger partial charge in [-0.2, -0.15) is 0 Å². The van der Waals surface area contributed by atoms with Crippen LogP contribution in [-0.2, 0) is 0 Å². The Morgan fingerprint density at radius 1 is 1.38 bits per heavy atom. The molecule has 1 aromatic rings. The molecule has 86 valence electrons. The summed E-state index contributed by atoms with van der Waals surface area (Å²) in [5.74, 6) is 0.0736. The van der Waals surface area contributed by atoms with E-state index in [1.807, 2.05) is 30.3 Å². The van der Waals surface area contributed by atoms with Gasteiger partial charge in [-0.15, -0.1) is 23.2 Å². The fourth-order valence-corrected chi connectivity index (χ4v) is 2.63. The molecule has 1 aliphatic rings. The quantitative estimate of drug-likeness (QED) is 0.819. The van der Waals surface area contributed by atoms with Crippen molar-refractivity contribution >= 4 is 28.8 Å². The average molecular weight is 257 g/mol. The summed E-state index contributed by atoms with van der Waals surface area (Å²) in [6, 6.07) is 9.54. The molecule has 0 spiro atoms. The van der Waals surface area contributed by atoms with Gasteiger partial charge in [0.25, 0.3) is 0 Å². The van der Waals surface area contributed by atoms with E-state index < -0.39 is 10.5 Å². The number of benzene rings is 1. The number of aliphatic hydroxyl groups is 1. The van der Waals surface area contributed by atoms with E-state index in [1.165, 1.54) is 0 Å². The molecule has 0 aromatic heterocycles. The molecule has 0 bridgehead atoms. The molecule has 1 fully saturated rings. The summed E-state index contributed by atoms with van der Waals surface area (Å²) in [5.41, 5.74) is 0.283. The van der Waals surface area contributed by atoms with Crippen LogP contribution in [0.2, 0.25) is 0 Å². The Balaban J connectivity index is 2.33. The van der Waals surface area contributed by atoms with E-state index in [0.29, 0.717) is 5.57 Å². The fourth-order valence-electron chi connectivity index (χ4n) is 1.87.